The highest BCUT2D eigenvalue weighted by Crippen LogP contribution is 2.25. The lowest BCUT2D eigenvalue weighted by molar-refractivity contribution is -0.123. The Labute approximate surface area is 177 Å². The smallest absolute Gasteiger partial charge is 0.229 e. The summed E-state index contributed by atoms with van der Waals surface area (Å²) in [6.45, 7) is 8.14. The van der Waals surface area contributed by atoms with Crippen molar-refractivity contribution in [1.82, 2.24) is 19.9 Å². The maximum absolute atomic E-state index is 12.4. The number of nitrogens with one attached hydrogen (secondary N) is 1. The number of hydrogen-bond acceptors (Lipinski definition) is 5. The van der Waals surface area contributed by atoms with E-state index in [0.717, 1.165) is 53.4 Å². The number of aromatic nitrogens is 3. The lowest BCUT2D eigenvalue weighted by Crippen LogP contribution is -2.32. The van der Waals surface area contributed by atoms with E-state index < -0.39 is 5.41 Å². The minimum Gasteiger partial charge on any atom is -0.325 e. The normalized spacial score (nSPS) is 14.2. The number of hydrogen-bond donors (Lipinski definition) is 1. The third kappa shape index (κ3) is 4.54. The molecule has 3 aromatic rings. The summed E-state index contributed by atoms with van der Waals surface area (Å²) in [5, 5.41) is 3.05. The Bertz CT molecular complexity index is 1040. The molecule has 0 radical (unpaired) electrons. The molecule has 0 bridgehead atoms. The van der Waals surface area contributed by atoms with Crippen LogP contribution in [0.15, 0.2) is 55.0 Å². The van der Waals surface area contributed by atoms with Crippen LogP contribution in [0.2, 0.25) is 0 Å². The van der Waals surface area contributed by atoms with E-state index in [4.69, 9.17) is 4.98 Å². The van der Waals surface area contributed by atoms with Crippen LogP contribution in [0.5, 0.6) is 0 Å². The van der Waals surface area contributed by atoms with E-state index >= 15 is 0 Å². The van der Waals surface area contributed by atoms with Gasteiger partial charge in [-0.15, -0.1) is 0 Å². The zero-order chi connectivity index (χ0) is 21.1. The summed E-state index contributed by atoms with van der Waals surface area (Å²) in [6.07, 6.45) is 6.37. The molecule has 0 spiro atoms. The van der Waals surface area contributed by atoms with Crippen molar-refractivity contribution in [3.05, 3.63) is 71.8 Å². The Morgan fingerprint density at radius 3 is 2.70 bits per heavy atom. The molecule has 0 saturated carbocycles. The van der Waals surface area contributed by atoms with Crippen molar-refractivity contribution in [3.63, 3.8) is 0 Å². The van der Waals surface area contributed by atoms with Crippen LogP contribution < -0.4 is 5.32 Å². The van der Waals surface area contributed by atoms with Crippen molar-refractivity contribution >= 4 is 11.6 Å². The van der Waals surface area contributed by atoms with Gasteiger partial charge >= 0.3 is 0 Å². The van der Waals surface area contributed by atoms with Gasteiger partial charge in [0.15, 0.2) is 5.82 Å². The van der Waals surface area contributed by atoms with Crippen molar-refractivity contribution in [3.8, 4) is 11.4 Å². The lowest BCUT2D eigenvalue weighted by Gasteiger charge is -2.29. The van der Waals surface area contributed by atoms with Crippen molar-refractivity contribution < 1.29 is 4.79 Å². The molecular weight excluding hydrogens is 374 g/mol. The van der Waals surface area contributed by atoms with Gasteiger partial charge in [0.05, 0.1) is 5.69 Å². The molecule has 0 saturated heterocycles. The van der Waals surface area contributed by atoms with Crippen molar-refractivity contribution in [2.75, 3.05) is 11.9 Å². The molecule has 0 atom stereocenters. The highest BCUT2D eigenvalue weighted by molar-refractivity contribution is 5.95. The summed E-state index contributed by atoms with van der Waals surface area (Å²) in [6, 6.07) is 11.9. The molecule has 0 fully saturated rings. The van der Waals surface area contributed by atoms with Crippen LogP contribution in [0.3, 0.4) is 0 Å². The topological polar surface area (TPSA) is 71.0 Å². The highest BCUT2D eigenvalue weighted by Gasteiger charge is 2.23. The number of fused-ring (bicyclic) bond motifs is 1. The largest absolute Gasteiger partial charge is 0.325 e. The number of amides is 1. The minimum absolute atomic E-state index is 0.000723. The molecule has 1 N–H and O–H groups in total. The first kappa shape index (κ1) is 20.2. The van der Waals surface area contributed by atoms with E-state index in [1.807, 2.05) is 69.6 Å². The second-order valence-corrected chi connectivity index (χ2v) is 8.73. The van der Waals surface area contributed by atoms with Crippen molar-refractivity contribution in [2.24, 2.45) is 5.41 Å². The number of benzene rings is 1. The monoisotopic (exact) mass is 401 g/mol. The van der Waals surface area contributed by atoms with Crippen LogP contribution in [0.25, 0.3) is 11.4 Å². The van der Waals surface area contributed by atoms with Crippen molar-refractivity contribution in [2.45, 2.75) is 40.3 Å². The minimum atomic E-state index is -0.446. The van der Waals surface area contributed by atoms with E-state index in [9.17, 15) is 4.79 Å². The van der Waals surface area contributed by atoms with Gasteiger partial charge in [-0.25, -0.2) is 9.97 Å². The molecule has 30 heavy (non-hydrogen) atoms. The third-order valence-electron chi connectivity index (χ3n) is 5.27. The average molecular weight is 402 g/mol. The molecule has 154 valence electrons. The van der Waals surface area contributed by atoms with Crippen LogP contribution in [0.4, 0.5) is 5.69 Å². The van der Waals surface area contributed by atoms with Gasteiger partial charge in [-0.05, 0) is 6.07 Å². The number of rotatable bonds is 4. The molecule has 6 heteroatoms. The second kappa shape index (κ2) is 8.32. The molecule has 0 unspecified atom stereocenters. The van der Waals surface area contributed by atoms with Crippen LogP contribution in [0.1, 0.15) is 37.6 Å². The van der Waals surface area contributed by atoms with E-state index in [1.165, 1.54) is 0 Å². The fourth-order valence-corrected chi connectivity index (χ4v) is 3.46. The first-order valence-corrected chi connectivity index (χ1v) is 10.3. The molecule has 1 aliphatic rings. The number of nitrogens with zero attached hydrogens (tertiary/aromatic N) is 4. The summed E-state index contributed by atoms with van der Waals surface area (Å²) in [7, 11) is 0. The Morgan fingerprint density at radius 1 is 1.13 bits per heavy atom. The summed E-state index contributed by atoms with van der Waals surface area (Å²) in [5.41, 5.74) is 4.71. The Morgan fingerprint density at radius 2 is 1.93 bits per heavy atom. The fraction of sp³-hybridized carbons (Fsp3) is 0.333. The SMILES string of the molecule is CC(C)(C)C(=O)Nc1ccncc1CN1CCc2nc(-c3ccccc3)ncc2C1. The predicted octanol–water partition coefficient (Wildman–Crippen LogP) is 4.08. The van der Waals surface area contributed by atoms with Gasteiger partial charge in [0.1, 0.15) is 0 Å². The zero-order valence-corrected chi connectivity index (χ0v) is 17.7. The summed E-state index contributed by atoms with van der Waals surface area (Å²) in [4.78, 5) is 28.4. The predicted molar refractivity (Wildman–Crippen MR) is 118 cm³/mol. The molecule has 2 aromatic heterocycles. The maximum Gasteiger partial charge on any atom is 0.229 e. The van der Waals surface area contributed by atoms with Crippen LogP contribution in [-0.4, -0.2) is 32.3 Å². The molecular formula is C24H27N5O. The Hall–Kier alpha value is -3.12. The fourth-order valence-electron chi connectivity index (χ4n) is 3.46. The van der Waals surface area contributed by atoms with Crippen LogP contribution >= 0.6 is 0 Å². The molecule has 6 nitrogen and oxygen atoms in total. The van der Waals surface area contributed by atoms with Crippen molar-refractivity contribution in [1.29, 1.82) is 0 Å². The lowest BCUT2D eigenvalue weighted by atomic mass is 9.95. The number of carbonyl (C=O) groups excluding carboxylic acids is 1. The van der Waals surface area contributed by atoms with Crippen LogP contribution in [-0.2, 0) is 24.3 Å². The van der Waals surface area contributed by atoms with Gasteiger partial charge < -0.3 is 5.32 Å². The van der Waals surface area contributed by atoms with Crippen LogP contribution in [0, 0.1) is 5.41 Å². The number of anilines is 1. The van der Waals surface area contributed by atoms with E-state index in [2.05, 4.69) is 20.2 Å². The molecule has 0 aliphatic carbocycles. The molecule has 1 aromatic carbocycles. The summed E-state index contributed by atoms with van der Waals surface area (Å²) < 4.78 is 0. The molecule has 3 heterocycles. The molecule has 1 aliphatic heterocycles. The first-order valence-electron chi connectivity index (χ1n) is 10.3. The van der Waals surface area contributed by atoms with E-state index in [1.54, 1.807) is 6.20 Å². The number of carbonyl (C=O) groups is 1. The molecule has 1 amide bonds. The average Bonchev–Trinajstić information content (AvgIpc) is 2.74. The zero-order valence-electron chi connectivity index (χ0n) is 17.7. The number of pyridine rings is 1. The van der Waals surface area contributed by atoms with Gasteiger partial charge in [0, 0.05) is 72.4 Å². The van der Waals surface area contributed by atoms with Gasteiger partial charge in [-0.3, -0.25) is 14.7 Å². The Balaban J connectivity index is 1.48. The Kier molecular flexibility index (Phi) is 5.59. The highest BCUT2D eigenvalue weighted by atomic mass is 16.2. The second-order valence-electron chi connectivity index (χ2n) is 8.73. The maximum atomic E-state index is 12.4. The summed E-state index contributed by atoms with van der Waals surface area (Å²) >= 11 is 0. The van der Waals surface area contributed by atoms with Gasteiger partial charge in [-0.1, -0.05) is 51.1 Å². The quantitative estimate of drug-likeness (QED) is 0.713. The van der Waals surface area contributed by atoms with Gasteiger partial charge in [0.25, 0.3) is 0 Å². The molecule has 4 rings (SSSR count). The van der Waals surface area contributed by atoms with Gasteiger partial charge in [-0.2, -0.15) is 0 Å². The van der Waals surface area contributed by atoms with E-state index in [0.29, 0.717) is 6.54 Å². The first-order chi connectivity index (χ1) is 14.4. The summed E-state index contributed by atoms with van der Waals surface area (Å²) in [5.74, 6) is 0.781. The van der Waals surface area contributed by atoms with Gasteiger partial charge in [0.2, 0.25) is 5.91 Å². The van der Waals surface area contributed by atoms with E-state index in [-0.39, 0.29) is 5.91 Å². The third-order valence-corrected chi connectivity index (χ3v) is 5.27. The standard InChI is InChI=1S/C24H27N5O/c1-24(2,3)23(30)28-20-9-11-25-13-18(20)15-29-12-10-21-19(16-29)14-26-22(27-21)17-7-5-4-6-8-17/h4-9,11,13-14H,10,12,15-16H2,1-3H3,(H,25,28,30).